The normalized spacial score (nSPS) is 13.1. The molecule has 0 radical (unpaired) electrons. The summed E-state index contributed by atoms with van der Waals surface area (Å²) in [5.41, 5.74) is 1.57. The molecular formula is C28H51N. The summed E-state index contributed by atoms with van der Waals surface area (Å²) in [6, 6.07) is 4.91. The monoisotopic (exact) mass is 401 g/mol. The fraction of sp³-hybridized carbons (Fsp3) is 0.786. The zero-order valence-corrected chi connectivity index (χ0v) is 20.1. The van der Waals surface area contributed by atoms with Gasteiger partial charge in [-0.3, -0.25) is 0 Å². The molecule has 0 aliphatic heterocycles. The number of aromatic nitrogens is 1. The summed E-state index contributed by atoms with van der Waals surface area (Å²) in [6.07, 6.45) is 32.1. The molecule has 1 heterocycles. The maximum absolute atomic E-state index is 2.53. The largest absolute Gasteiger partial charge is 0.347 e. The zero-order valence-electron chi connectivity index (χ0n) is 20.1. The topological polar surface area (TPSA) is 4.93 Å². The summed E-state index contributed by atoms with van der Waals surface area (Å²) in [4.78, 5) is 0. The quantitative estimate of drug-likeness (QED) is 0.151. The van der Waals surface area contributed by atoms with E-state index in [0.717, 1.165) is 0 Å². The van der Waals surface area contributed by atoms with E-state index in [2.05, 4.69) is 55.9 Å². The molecule has 1 aromatic heterocycles. The van der Waals surface area contributed by atoms with Crippen molar-refractivity contribution < 1.29 is 0 Å². The van der Waals surface area contributed by atoms with Crippen molar-refractivity contribution in [1.82, 2.24) is 4.57 Å². The average molecular weight is 402 g/mol. The lowest BCUT2D eigenvalue weighted by molar-refractivity contribution is 0.481. The Morgan fingerprint density at radius 3 is 1.62 bits per heavy atom. The van der Waals surface area contributed by atoms with E-state index < -0.39 is 0 Å². The van der Waals surface area contributed by atoms with Crippen LogP contribution in [0.5, 0.6) is 0 Å². The van der Waals surface area contributed by atoms with Gasteiger partial charge in [-0.25, -0.2) is 0 Å². The molecule has 0 saturated carbocycles. The molecule has 0 bridgehead atoms. The van der Waals surface area contributed by atoms with E-state index in [9.17, 15) is 0 Å². The minimum Gasteiger partial charge on any atom is -0.347 e. The highest BCUT2D eigenvalue weighted by Crippen LogP contribution is 2.26. The average Bonchev–Trinajstić information content (AvgIpc) is 3.25. The zero-order chi connectivity index (χ0) is 21.0. The molecule has 0 amide bonds. The van der Waals surface area contributed by atoms with Crippen LogP contribution in [0.3, 0.4) is 0 Å². The first-order chi connectivity index (χ1) is 14.3. The predicted molar refractivity (Wildman–Crippen MR) is 132 cm³/mol. The smallest absolute Gasteiger partial charge is 0.0537 e. The van der Waals surface area contributed by atoms with Crippen molar-refractivity contribution in [3.63, 3.8) is 0 Å². The second-order valence-electron chi connectivity index (χ2n) is 9.12. The van der Waals surface area contributed by atoms with E-state index in [1.54, 1.807) is 5.57 Å². The Labute approximate surface area is 183 Å². The van der Waals surface area contributed by atoms with Crippen LogP contribution in [0.4, 0.5) is 0 Å². The third-order valence-electron chi connectivity index (χ3n) is 6.37. The van der Waals surface area contributed by atoms with Crippen molar-refractivity contribution in [3.05, 3.63) is 36.2 Å². The molecule has 1 rings (SSSR count). The van der Waals surface area contributed by atoms with Crippen molar-refractivity contribution in [2.75, 3.05) is 0 Å². The van der Waals surface area contributed by atoms with Gasteiger partial charge in [-0.15, -0.1) is 0 Å². The molecule has 1 nitrogen and oxygen atoms in total. The van der Waals surface area contributed by atoms with Crippen LogP contribution < -0.4 is 0 Å². The van der Waals surface area contributed by atoms with Crippen molar-refractivity contribution in [2.24, 2.45) is 0 Å². The Kier molecular flexibility index (Phi) is 17.1. The van der Waals surface area contributed by atoms with Gasteiger partial charge < -0.3 is 4.57 Å². The summed E-state index contributed by atoms with van der Waals surface area (Å²) < 4.78 is 2.43. The summed E-state index contributed by atoms with van der Waals surface area (Å²) in [5.74, 6) is 0. The lowest BCUT2D eigenvalue weighted by Gasteiger charge is -2.20. The molecule has 0 N–H and O–H groups in total. The van der Waals surface area contributed by atoms with Gasteiger partial charge in [0.1, 0.15) is 0 Å². The van der Waals surface area contributed by atoms with Crippen molar-refractivity contribution in [1.29, 1.82) is 0 Å². The third-order valence-corrected chi connectivity index (χ3v) is 6.37. The number of allylic oxidation sites excluding steroid dienone is 2. The molecule has 1 aromatic rings. The Balaban J connectivity index is 2.22. The fourth-order valence-corrected chi connectivity index (χ4v) is 4.38. The van der Waals surface area contributed by atoms with Crippen molar-refractivity contribution in [3.8, 4) is 0 Å². The van der Waals surface area contributed by atoms with Gasteiger partial charge in [-0.1, -0.05) is 122 Å². The summed E-state index contributed by atoms with van der Waals surface area (Å²) >= 11 is 0. The molecule has 29 heavy (non-hydrogen) atoms. The second-order valence-corrected chi connectivity index (χ2v) is 9.12. The van der Waals surface area contributed by atoms with Gasteiger partial charge in [-0.2, -0.15) is 0 Å². The number of hydrogen-bond donors (Lipinski definition) is 0. The van der Waals surface area contributed by atoms with Gasteiger partial charge in [0.05, 0.1) is 6.04 Å². The summed E-state index contributed by atoms with van der Waals surface area (Å²) in [6.45, 7) is 6.95. The molecule has 1 heteroatoms. The molecule has 0 saturated heterocycles. The van der Waals surface area contributed by atoms with Crippen LogP contribution >= 0.6 is 0 Å². The molecular weight excluding hydrogens is 350 g/mol. The van der Waals surface area contributed by atoms with Crippen LogP contribution in [0.25, 0.3) is 0 Å². The van der Waals surface area contributed by atoms with E-state index in [1.165, 1.54) is 116 Å². The number of unbranched alkanes of at least 4 members (excludes halogenated alkanes) is 15. The van der Waals surface area contributed by atoms with Gasteiger partial charge in [0, 0.05) is 12.4 Å². The number of nitrogens with zero attached hydrogens (tertiary/aromatic N) is 1. The highest BCUT2D eigenvalue weighted by atomic mass is 15.0. The molecule has 1 unspecified atom stereocenters. The molecule has 0 aromatic carbocycles. The predicted octanol–water partition coefficient (Wildman–Crippen LogP) is 10.0. The van der Waals surface area contributed by atoms with Gasteiger partial charge in [0.15, 0.2) is 0 Å². The standard InChI is InChI=1S/C28H51N/c1-4-6-8-10-12-13-14-16-18-20-24-28(29-25-21-22-26-29)27(3)23-19-17-15-11-9-7-5-2/h21-23,25-26,28H,4-20,24H2,1-3H3. The van der Waals surface area contributed by atoms with Crippen LogP contribution in [-0.2, 0) is 0 Å². The van der Waals surface area contributed by atoms with E-state index in [1.807, 2.05) is 0 Å². The lowest BCUT2D eigenvalue weighted by atomic mass is 9.98. The first kappa shape index (κ1) is 26.1. The van der Waals surface area contributed by atoms with Crippen molar-refractivity contribution in [2.45, 2.75) is 142 Å². The summed E-state index contributed by atoms with van der Waals surface area (Å²) in [5, 5.41) is 0. The number of hydrogen-bond acceptors (Lipinski definition) is 0. The minimum absolute atomic E-state index is 0.569. The third kappa shape index (κ3) is 13.8. The van der Waals surface area contributed by atoms with E-state index in [0.29, 0.717) is 6.04 Å². The van der Waals surface area contributed by atoms with E-state index in [4.69, 9.17) is 0 Å². The molecule has 0 aliphatic rings. The highest BCUT2D eigenvalue weighted by Gasteiger charge is 2.11. The minimum atomic E-state index is 0.569. The molecule has 1 atom stereocenters. The van der Waals surface area contributed by atoms with Crippen LogP contribution in [0.1, 0.15) is 142 Å². The molecule has 168 valence electrons. The number of rotatable bonds is 20. The Hall–Kier alpha value is -0.980. The van der Waals surface area contributed by atoms with Crippen LogP contribution in [-0.4, -0.2) is 4.57 Å². The molecule has 0 aliphatic carbocycles. The maximum atomic E-state index is 2.53. The summed E-state index contributed by atoms with van der Waals surface area (Å²) in [7, 11) is 0. The van der Waals surface area contributed by atoms with E-state index >= 15 is 0 Å². The maximum Gasteiger partial charge on any atom is 0.0537 e. The Morgan fingerprint density at radius 1 is 0.655 bits per heavy atom. The lowest BCUT2D eigenvalue weighted by Crippen LogP contribution is -2.08. The fourth-order valence-electron chi connectivity index (χ4n) is 4.38. The van der Waals surface area contributed by atoms with Gasteiger partial charge in [-0.05, 0) is 38.3 Å². The first-order valence-electron chi connectivity index (χ1n) is 13.1. The van der Waals surface area contributed by atoms with Gasteiger partial charge in [0.2, 0.25) is 0 Å². The molecule has 0 fully saturated rings. The second kappa shape index (κ2) is 19.0. The van der Waals surface area contributed by atoms with E-state index in [-0.39, 0.29) is 0 Å². The van der Waals surface area contributed by atoms with Crippen LogP contribution in [0, 0.1) is 0 Å². The first-order valence-corrected chi connectivity index (χ1v) is 13.1. The van der Waals surface area contributed by atoms with Crippen molar-refractivity contribution >= 4 is 0 Å². The van der Waals surface area contributed by atoms with Gasteiger partial charge in [0.25, 0.3) is 0 Å². The highest BCUT2D eigenvalue weighted by molar-refractivity contribution is 5.09. The SMILES string of the molecule is CCCCCCCCC=C(C)C(CCCCCCCCCCCC)n1cccc1. The Bertz CT molecular complexity index is 471. The Morgan fingerprint density at radius 2 is 1.10 bits per heavy atom. The van der Waals surface area contributed by atoms with Gasteiger partial charge >= 0.3 is 0 Å². The van der Waals surface area contributed by atoms with Crippen LogP contribution in [0.15, 0.2) is 36.2 Å². The van der Waals surface area contributed by atoms with Crippen LogP contribution in [0.2, 0.25) is 0 Å². The molecule has 0 spiro atoms.